The summed E-state index contributed by atoms with van der Waals surface area (Å²) in [7, 11) is 0. The Morgan fingerprint density at radius 3 is 2.71 bits per heavy atom. The van der Waals surface area contributed by atoms with Crippen LogP contribution in [0.2, 0.25) is 0 Å². The van der Waals surface area contributed by atoms with Crippen LogP contribution in [0.15, 0.2) is 12.1 Å². The first-order valence-corrected chi connectivity index (χ1v) is 5.49. The molecule has 0 radical (unpaired) electrons. The van der Waals surface area contributed by atoms with Gasteiger partial charge in [0.15, 0.2) is 0 Å². The number of hydrogen-bond donors (Lipinski definition) is 1. The summed E-state index contributed by atoms with van der Waals surface area (Å²) in [5.74, 6) is -1.99. The Balaban J connectivity index is 1.99. The van der Waals surface area contributed by atoms with Crippen LogP contribution < -0.4 is 5.73 Å². The molecule has 0 amide bonds. The predicted molar refractivity (Wildman–Crippen MR) is 58.4 cm³/mol. The van der Waals surface area contributed by atoms with Gasteiger partial charge in [-0.05, 0) is 18.4 Å². The van der Waals surface area contributed by atoms with Gasteiger partial charge in [0.1, 0.15) is 11.6 Å². The Kier molecular flexibility index (Phi) is 3.26. The van der Waals surface area contributed by atoms with Crippen molar-refractivity contribution in [3.8, 4) is 0 Å². The summed E-state index contributed by atoms with van der Waals surface area (Å²) < 4.78 is 31.1. The minimum absolute atomic E-state index is 0.263. The molecule has 3 nitrogen and oxygen atoms in total. The van der Waals surface area contributed by atoms with Crippen molar-refractivity contribution in [1.29, 1.82) is 0 Å². The molecule has 17 heavy (non-hydrogen) atoms. The Morgan fingerprint density at radius 1 is 1.35 bits per heavy atom. The maximum Gasteiger partial charge on any atom is 0.341 e. The molecule has 1 aromatic carbocycles. The molecular formula is C12H13F2NO2. The first-order valence-electron chi connectivity index (χ1n) is 5.49. The van der Waals surface area contributed by atoms with Crippen LogP contribution in [0.5, 0.6) is 0 Å². The molecule has 0 heterocycles. The van der Waals surface area contributed by atoms with Crippen LogP contribution in [-0.2, 0) is 4.74 Å². The fraction of sp³-hybridized carbons (Fsp3) is 0.417. The lowest BCUT2D eigenvalue weighted by molar-refractivity contribution is 0.0489. The second kappa shape index (κ2) is 4.69. The molecular weight excluding hydrogens is 228 g/mol. The number of rotatable bonds is 4. The van der Waals surface area contributed by atoms with Gasteiger partial charge in [-0.3, -0.25) is 0 Å². The topological polar surface area (TPSA) is 52.3 Å². The SMILES string of the molecule is Nc1cc(C(=O)OCCC2CC2)c(F)cc1F. The minimum Gasteiger partial charge on any atom is -0.462 e. The average Bonchev–Trinajstić information content (AvgIpc) is 3.07. The van der Waals surface area contributed by atoms with Crippen molar-refractivity contribution in [2.45, 2.75) is 19.3 Å². The summed E-state index contributed by atoms with van der Waals surface area (Å²) in [6.45, 7) is 0.264. The van der Waals surface area contributed by atoms with Gasteiger partial charge in [-0.25, -0.2) is 13.6 Å². The van der Waals surface area contributed by atoms with Crippen molar-refractivity contribution in [3.63, 3.8) is 0 Å². The first-order chi connectivity index (χ1) is 8.08. The highest BCUT2D eigenvalue weighted by molar-refractivity contribution is 5.90. The quantitative estimate of drug-likeness (QED) is 0.651. The number of anilines is 1. The molecule has 0 saturated heterocycles. The summed E-state index contributed by atoms with van der Waals surface area (Å²) in [5, 5.41) is 0. The molecule has 0 unspecified atom stereocenters. The van der Waals surface area contributed by atoms with Gasteiger partial charge >= 0.3 is 5.97 Å². The highest BCUT2D eigenvalue weighted by Crippen LogP contribution is 2.32. The van der Waals surface area contributed by atoms with Gasteiger partial charge in [0.05, 0.1) is 17.9 Å². The van der Waals surface area contributed by atoms with E-state index in [2.05, 4.69) is 0 Å². The molecule has 1 fully saturated rings. The number of nitrogen functional groups attached to an aromatic ring is 1. The standard InChI is InChI=1S/C12H13F2NO2/c13-9-6-10(14)11(15)5-8(9)12(16)17-4-3-7-1-2-7/h5-7H,1-4,15H2. The van der Waals surface area contributed by atoms with Crippen molar-refractivity contribution < 1.29 is 18.3 Å². The third-order valence-corrected chi connectivity index (χ3v) is 2.76. The Morgan fingerprint density at radius 2 is 2.06 bits per heavy atom. The van der Waals surface area contributed by atoms with E-state index in [1.807, 2.05) is 0 Å². The number of nitrogens with two attached hydrogens (primary N) is 1. The maximum atomic E-state index is 13.3. The van der Waals surface area contributed by atoms with E-state index in [1.54, 1.807) is 0 Å². The van der Waals surface area contributed by atoms with Crippen molar-refractivity contribution in [2.24, 2.45) is 5.92 Å². The second-order valence-electron chi connectivity index (χ2n) is 4.22. The van der Waals surface area contributed by atoms with Gasteiger partial charge in [0.25, 0.3) is 0 Å². The van der Waals surface area contributed by atoms with Gasteiger partial charge in [0.2, 0.25) is 0 Å². The highest BCUT2D eigenvalue weighted by Gasteiger charge is 2.22. The molecule has 1 aliphatic carbocycles. The van der Waals surface area contributed by atoms with E-state index in [9.17, 15) is 13.6 Å². The average molecular weight is 241 g/mol. The largest absolute Gasteiger partial charge is 0.462 e. The lowest BCUT2D eigenvalue weighted by Crippen LogP contribution is -2.10. The summed E-state index contributed by atoms with van der Waals surface area (Å²) in [6, 6.07) is 1.55. The molecule has 1 saturated carbocycles. The third-order valence-electron chi connectivity index (χ3n) is 2.76. The summed E-state index contributed by atoms with van der Waals surface area (Å²) in [5.41, 5.74) is 4.68. The zero-order chi connectivity index (χ0) is 12.4. The van der Waals surface area contributed by atoms with Gasteiger partial charge in [0, 0.05) is 6.07 Å². The first kappa shape index (κ1) is 11.8. The number of carbonyl (C=O) groups excluding carboxylic acids is 1. The van der Waals surface area contributed by atoms with Gasteiger partial charge in [-0.15, -0.1) is 0 Å². The summed E-state index contributed by atoms with van der Waals surface area (Å²) >= 11 is 0. The van der Waals surface area contributed by atoms with Crippen LogP contribution >= 0.6 is 0 Å². The van der Waals surface area contributed by atoms with Gasteiger partial charge in [-0.2, -0.15) is 0 Å². The van der Waals surface area contributed by atoms with Crippen molar-refractivity contribution >= 4 is 11.7 Å². The molecule has 0 aromatic heterocycles. The summed E-state index contributed by atoms with van der Waals surface area (Å²) in [4.78, 5) is 11.5. The van der Waals surface area contributed by atoms with Crippen molar-refractivity contribution in [2.75, 3.05) is 12.3 Å². The molecule has 92 valence electrons. The van der Waals surface area contributed by atoms with Gasteiger partial charge < -0.3 is 10.5 Å². The fourth-order valence-corrected chi connectivity index (χ4v) is 1.52. The minimum atomic E-state index is -0.951. The normalized spacial score (nSPS) is 14.7. The molecule has 1 aromatic rings. The zero-order valence-corrected chi connectivity index (χ0v) is 9.21. The number of carbonyl (C=O) groups is 1. The number of benzene rings is 1. The predicted octanol–water partition coefficient (Wildman–Crippen LogP) is 2.50. The van der Waals surface area contributed by atoms with E-state index >= 15 is 0 Å². The maximum absolute atomic E-state index is 13.3. The van der Waals surface area contributed by atoms with E-state index in [4.69, 9.17) is 10.5 Å². The lowest BCUT2D eigenvalue weighted by atomic mass is 10.2. The van der Waals surface area contributed by atoms with E-state index in [0.29, 0.717) is 12.0 Å². The third kappa shape index (κ3) is 2.93. The molecule has 2 N–H and O–H groups in total. The molecule has 0 aliphatic heterocycles. The molecule has 0 atom stereocenters. The van der Waals surface area contributed by atoms with Crippen LogP contribution in [-0.4, -0.2) is 12.6 Å². The highest BCUT2D eigenvalue weighted by atomic mass is 19.1. The van der Waals surface area contributed by atoms with Crippen molar-refractivity contribution in [3.05, 3.63) is 29.3 Å². The number of ether oxygens (including phenoxy) is 1. The van der Waals surface area contributed by atoms with Gasteiger partial charge in [-0.1, -0.05) is 12.8 Å². The second-order valence-corrected chi connectivity index (χ2v) is 4.22. The lowest BCUT2D eigenvalue weighted by Gasteiger charge is -2.06. The number of halogens is 2. The van der Waals surface area contributed by atoms with Crippen LogP contribution in [0, 0.1) is 17.6 Å². The van der Waals surface area contributed by atoms with Crippen LogP contribution in [0.3, 0.4) is 0 Å². The molecule has 1 aliphatic rings. The monoisotopic (exact) mass is 241 g/mol. The van der Waals surface area contributed by atoms with Crippen molar-refractivity contribution in [1.82, 2.24) is 0 Å². The Bertz CT molecular complexity index is 444. The molecule has 0 bridgehead atoms. The number of esters is 1. The van der Waals surface area contributed by atoms with E-state index in [-0.39, 0.29) is 17.9 Å². The van der Waals surface area contributed by atoms with E-state index in [1.165, 1.54) is 0 Å². The molecule has 0 spiro atoms. The zero-order valence-electron chi connectivity index (χ0n) is 9.21. The van der Waals surface area contributed by atoms with E-state index in [0.717, 1.165) is 25.3 Å². The molecule has 5 heteroatoms. The van der Waals surface area contributed by atoms with Crippen LogP contribution in [0.4, 0.5) is 14.5 Å². The fourth-order valence-electron chi connectivity index (χ4n) is 1.52. The summed E-state index contributed by atoms with van der Waals surface area (Å²) in [6.07, 6.45) is 3.12. The Hall–Kier alpha value is -1.65. The van der Waals surface area contributed by atoms with E-state index < -0.39 is 17.6 Å². The van der Waals surface area contributed by atoms with Crippen LogP contribution in [0.25, 0.3) is 0 Å². The van der Waals surface area contributed by atoms with Crippen LogP contribution in [0.1, 0.15) is 29.6 Å². The smallest absolute Gasteiger partial charge is 0.341 e. The molecule has 2 rings (SSSR count). The Labute approximate surface area is 97.6 Å². The number of hydrogen-bond acceptors (Lipinski definition) is 3.